The molecule has 1 amide bonds. The first kappa shape index (κ1) is 17.4. The quantitative estimate of drug-likeness (QED) is 0.787. The molecule has 2 rings (SSSR count). The van der Waals surface area contributed by atoms with Gasteiger partial charge in [0.15, 0.2) is 0 Å². The lowest BCUT2D eigenvalue weighted by molar-refractivity contribution is -0.126. The predicted octanol–water partition coefficient (Wildman–Crippen LogP) is 1.53. The molecule has 0 saturated carbocycles. The van der Waals surface area contributed by atoms with Crippen molar-refractivity contribution in [2.45, 2.75) is 31.4 Å². The summed E-state index contributed by atoms with van der Waals surface area (Å²) in [5.74, 6) is 0.0721. The first-order chi connectivity index (χ1) is 10.6. The number of ether oxygens (including phenoxy) is 2. The predicted molar refractivity (Wildman–Crippen MR) is 88.3 cm³/mol. The van der Waals surface area contributed by atoms with Crippen molar-refractivity contribution in [1.29, 1.82) is 0 Å². The first-order valence-corrected chi connectivity index (χ1v) is 8.74. The average Bonchev–Trinajstić information content (AvgIpc) is 3.00. The Hall–Kier alpha value is -0.950. The van der Waals surface area contributed by atoms with Crippen LogP contribution in [-0.4, -0.2) is 63.4 Å². The zero-order chi connectivity index (χ0) is 15.8. The molecular formula is C16H26N2O3S. The molecule has 0 spiro atoms. The fourth-order valence-electron chi connectivity index (χ4n) is 2.41. The van der Waals surface area contributed by atoms with Crippen LogP contribution in [0.15, 0.2) is 16.8 Å². The van der Waals surface area contributed by atoms with Gasteiger partial charge in [-0.3, -0.25) is 4.79 Å². The number of amides is 1. The Kier molecular flexibility index (Phi) is 7.32. The Morgan fingerprint density at radius 1 is 1.55 bits per heavy atom. The monoisotopic (exact) mass is 326 g/mol. The number of thiophene rings is 1. The van der Waals surface area contributed by atoms with Gasteiger partial charge >= 0.3 is 0 Å². The van der Waals surface area contributed by atoms with Gasteiger partial charge in [-0.25, -0.2) is 0 Å². The number of carbonyl (C=O) groups excluding carboxylic acids is 1. The smallest absolute Gasteiger partial charge is 0.220 e. The minimum absolute atomic E-state index is 0.0362. The molecule has 1 aromatic rings. The molecular weight excluding hydrogens is 300 g/mol. The summed E-state index contributed by atoms with van der Waals surface area (Å²) in [6.45, 7) is 2.81. The molecule has 1 aliphatic rings. The Morgan fingerprint density at radius 2 is 2.41 bits per heavy atom. The van der Waals surface area contributed by atoms with Gasteiger partial charge in [0, 0.05) is 19.6 Å². The topological polar surface area (TPSA) is 50.8 Å². The van der Waals surface area contributed by atoms with E-state index in [1.165, 1.54) is 5.56 Å². The highest BCUT2D eigenvalue weighted by Gasteiger charge is 2.27. The number of carbonyl (C=O) groups is 1. The van der Waals surface area contributed by atoms with Crippen molar-refractivity contribution < 1.29 is 14.3 Å². The lowest BCUT2D eigenvalue weighted by Crippen LogP contribution is -2.51. The molecule has 0 aromatic carbocycles. The molecule has 1 N–H and O–H groups in total. The molecule has 0 unspecified atom stereocenters. The molecule has 0 bridgehead atoms. The highest BCUT2D eigenvalue weighted by atomic mass is 32.1. The number of hydrogen-bond acceptors (Lipinski definition) is 5. The second kappa shape index (κ2) is 9.25. The minimum Gasteiger partial charge on any atom is -0.379 e. The van der Waals surface area contributed by atoms with Crippen molar-refractivity contribution in [2.75, 3.05) is 40.5 Å². The van der Waals surface area contributed by atoms with Crippen LogP contribution in [-0.2, 0) is 20.7 Å². The lowest BCUT2D eigenvalue weighted by Gasteiger charge is -2.32. The number of nitrogens with one attached hydrogen (secondary N) is 1. The van der Waals surface area contributed by atoms with Gasteiger partial charge in [-0.05, 0) is 49.3 Å². The summed E-state index contributed by atoms with van der Waals surface area (Å²) >= 11 is 1.66. The van der Waals surface area contributed by atoms with E-state index in [0.717, 1.165) is 19.4 Å². The molecule has 1 aromatic heterocycles. The first-order valence-electron chi connectivity index (χ1n) is 7.79. The third-order valence-electron chi connectivity index (χ3n) is 3.73. The molecule has 1 aliphatic heterocycles. The van der Waals surface area contributed by atoms with E-state index in [2.05, 4.69) is 21.7 Å². The molecule has 2 atom stereocenters. The van der Waals surface area contributed by atoms with Gasteiger partial charge in [-0.15, -0.1) is 0 Å². The van der Waals surface area contributed by atoms with E-state index in [0.29, 0.717) is 26.2 Å². The Labute approximate surface area is 136 Å². The zero-order valence-corrected chi connectivity index (χ0v) is 14.2. The Morgan fingerprint density at radius 3 is 3.14 bits per heavy atom. The van der Waals surface area contributed by atoms with Gasteiger partial charge in [0.25, 0.3) is 0 Å². The second-order valence-corrected chi connectivity index (χ2v) is 6.66. The summed E-state index contributed by atoms with van der Waals surface area (Å²) in [6.07, 6.45) is 2.19. The number of likely N-dealkylation sites (N-methyl/N-ethyl adjacent to an activating group) is 1. The van der Waals surface area contributed by atoms with E-state index in [-0.39, 0.29) is 18.1 Å². The lowest BCUT2D eigenvalue weighted by atomic mass is 10.1. The summed E-state index contributed by atoms with van der Waals surface area (Å²) in [6, 6.07) is 2.03. The van der Waals surface area contributed by atoms with Gasteiger partial charge in [0.05, 0.1) is 25.4 Å². The van der Waals surface area contributed by atoms with Gasteiger partial charge < -0.3 is 19.7 Å². The van der Waals surface area contributed by atoms with Gasteiger partial charge in [-0.2, -0.15) is 11.3 Å². The van der Waals surface area contributed by atoms with Crippen molar-refractivity contribution in [1.82, 2.24) is 10.2 Å². The van der Waals surface area contributed by atoms with E-state index in [1.807, 2.05) is 19.5 Å². The van der Waals surface area contributed by atoms with Gasteiger partial charge in [-0.1, -0.05) is 0 Å². The van der Waals surface area contributed by atoms with Crippen LogP contribution in [0, 0.1) is 0 Å². The van der Waals surface area contributed by atoms with Crippen LogP contribution in [0.5, 0.6) is 0 Å². The van der Waals surface area contributed by atoms with E-state index < -0.39 is 0 Å². The molecule has 5 nitrogen and oxygen atoms in total. The molecule has 22 heavy (non-hydrogen) atoms. The van der Waals surface area contributed by atoms with Crippen LogP contribution in [0.1, 0.15) is 18.4 Å². The molecule has 124 valence electrons. The maximum atomic E-state index is 12.1. The fraction of sp³-hybridized carbons (Fsp3) is 0.688. The van der Waals surface area contributed by atoms with Crippen LogP contribution in [0.25, 0.3) is 0 Å². The standard InChI is InChI=1S/C16H26N2O3S/c1-18(2)7-9-21-15-5-8-20-11-14(15)17-16(19)4-3-13-6-10-22-12-13/h6,10,12,14-15H,3-5,7-9,11H2,1-2H3,(H,17,19)/t14-,15+/m1/s1. The normalized spacial score (nSPS) is 22.0. The van der Waals surface area contributed by atoms with Crippen LogP contribution in [0.4, 0.5) is 0 Å². The number of hydrogen-bond donors (Lipinski definition) is 1. The number of nitrogens with zero attached hydrogens (tertiary/aromatic N) is 1. The van der Waals surface area contributed by atoms with Crippen LogP contribution in [0.3, 0.4) is 0 Å². The minimum atomic E-state index is -0.0362. The Balaban J connectivity index is 1.73. The molecule has 1 saturated heterocycles. The second-order valence-electron chi connectivity index (χ2n) is 5.88. The van der Waals surface area contributed by atoms with E-state index >= 15 is 0 Å². The van der Waals surface area contributed by atoms with E-state index in [9.17, 15) is 4.79 Å². The van der Waals surface area contributed by atoms with Crippen molar-refractivity contribution in [3.8, 4) is 0 Å². The van der Waals surface area contributed by atoms with Gasteiger partial charge in [0.1, 0.15) is 0 Å². The maximum absolute atomic E-state index is 12.1. The molecule has 1 fully saturated rings. The van der Waals surface area contributed by atoms with Crippen molar-refractivity contribution in [3.63, 3.8) is 0 Å². The molecule has 0 aliphatic carbocycles. The fourth-order valence-corrected chi connectivity index (χ4v) is 3.11. The SMILES string of the molecule is CN(C)CCO[C@H]1CCOC[C@H]1NC(=O)CCc1ccsc1. The summed E-state index contributed by atoms with van der Waals surface area (Å²) in [4.78, 5) is 14.2. The largest absolute Gasteiger partial charge is 0.379 e. The summed E-state index contributed by atoms with van der Waals surface area (Å²) in [5.41, 5.74) is 1.22. The molecule has 2 heterocycles. The van der Waals surface area contributed by atoms with Crippen LogP contribution < -0.4 is 5.32 Å². The van der Waals surface area contributed by atoms with Gasteiger partial charge in [0.2, 0.25) is 5.91 Å². The summed E-state index contributed by atoms with van der Waals surface area (Å²) in [5, 5.41) is 7.20. The number of aryl methyl sites for hydroxylation is 1. The van der Waals surface area contributed by atoms with Crippen LogP contribution in [0.2, 0.25) is 0 Å². The third-order valence-corrected chi connectivity index (χ3v) is 4.46. The molecule has 0 radical (unpaired) electrons. The summed E-state index contributed by atoms with van der Waals surface area (Å²) < 4.78 is 11.4. The average molecular weight is 326 g/mol. The summed E-state index contributed by atoms with van der Waals surface area (Å²) in [7, 11) is 4.05. The highest BCUT2D eigenvalue weighted by molar-refractivity contribution is 7.07. The van der Waals surface area contributed by atoms with Crippen LogP contribution >= 0.6 is 11.3 Å². The van der Waals surface area contributed by atoms with Crippen molar-refractivity contribution >= 4 is 17.2 Å². The van der Waals surface area contributed by atoms with E-state index in [1.54, 1.807) is 11.3 Å². The zero-order valence-electron chi connectivity index (χ0n) is 13.4. The Bertz CT molecular complexity index is 437. The highest BCUT2D eigenvalue weighted by Crippen LogP contribution is 2.13. The van der Waals surface area contributed by atoms with Crippen molar-refractivity contribution in [3.05, 3.63) is 22.4 Å². The van der Waals surface area contributed by atoms with E-state index in [4.69, 9.17) is 9.47 Å². The molecule has 6 heteroatoms. The third kappa shape index (κ3) is 6.04. The number of rotatable bonds is 8. The maximum Gasteiger partial charge on any atom is 0.220 e. The van der Waals surface area contributed by atoms with Crippen molar-refractivity contribution in [2.24, 2.45) is 0 Å².